The molecule has 0 amide bonds. The minimum absolute atomic E-state index is 0.0896. The number of aliphatic carboxylic acids is 1. The van der Waals surface area contributed by atoms with Gasteiger partial charge in [0.05, 0.1) is 43.4 Å². The largest absolute Gasteiger partial charge is 0.502 e. The van der Waals surface area contributed by atoms with Gasteiger partial charge in [0.1, 0.15) is 73.1 Å². The van der Waals surface area contributed by atoms with Crippen LogP contribution < -0.4 is 0 Å². The number of hydrogen-bond donors (Lipinski definition) is 11. The van der Waals surface area contributed by atoms with Crippen LogP contribution in [-0.4, -0.2) is 198 Å². The van der Waals surface area contributed by atoms with Crippen molar-refractivity contribution in [3.05, 3.63) is 23.2 Å². The van der Waals surface area contributed by atoms with Crippen molar-refractivity contribution in [3.63, 3.8) is 0 Å². The average molecular weight is 1080 g/mol. The summed E-state index contributed by atoms with van der Waals surface area (Å²) in [6.07, 6.45) is -20.4. The van der Waals surface area contributed by atoms with Gasteiger partial charge in [0.25, 0.3) is 0 Å². The van der Waals surface area contributed by atoms with E-state index in [2.05, 4.69) is 40.7 Å². The molecule has 0 aromatic carbocycles. The van der Waals surface area contributed by atoms with Crippen LogP contribution in [0.4, 0.5) is 0 Å². The number of Topliss-reactive ketones (excluding diaryl/α,β-unsaturated/α-hetero) is 1. The molecule has 9 aliphatic rings. The third-order valence-electron chi connectivity index (χ3n) is 20.9. The van der Waals surface area contributed by atoms with E-state index < -0.39 is 151 Å². The molecule has 11 N–H and O–H groups in total. The van der Waals surface area contributed by atoms with Gasteiger partial charge in [0.2, 0.25) is 12.1 Å². The number of carboxylic acid groups (broad SMARTS) is 1. The lowest BCUT2D eigenvalue weighted by molar-refractivity contribution is -0.396. The summed E-state index contributed by atoms with van der Waals surface area (Å²) in [7, 11) is 0. The fourth-order valence-electron chi connectivity index (χ4n) is 16.3. The highest BCUT2D eigenvalue weighted by molar-refractivity contribution is 5.94. The highest BCUT2D eigenvalue weighted by Gasteiger charge is 2.71. The number of carbonyl (C=O) groups excluding carboxylic acids is 2. The predicted octanol–water partition coefficient (Wildman–Crippen LogP) is 1.01. The highest BCUT2D eigenvalue weighted by atomic mass is 16.8. The van der Waals surface area contributed by atoms with Crippen molar-refractivity contribution in [2.24, 2.45) is 50.2 Å². The number of aliphatic hydroxyl groups is 10. The summed E-state index contributed by atoms with van der Waals surface area (Å²) in [5.74, 6) is -2.69. The van der Waals surface area contributed by atoms with Crippen LogP contribution in [0.1, 0.15) is 120 Å². The number of carbonyl (C=O) groups is 3. The van der Waals surface area contributed by atoms with Gasteiger partial charge in [-0.05, 0) is 111 Å². The zero-order chi connectivity index (χ0) is 55.6. The standard InChI is InChI=1S/C54H82O22/c1-23-34(59)27(58)17-33(69-23)72-32-19-49(3,4)18-26-25-9-10-30-50(5)13-12-31(51(6,21-56)29(50)11-14-53(30,8)52(25,7)15-16-54(26,32)22-57)73-48-44(40(65)39(64)42(74-48)45(67)68)76-47-43(38(63)36(61)28(20-55)71-47)75-46-41(66)37(62)35(60)24(2)70-46/h9,22,24,26,28-33,35-44,46-48,55-56,59-66H,10-21H2,1-8H3,(H,67,68). The third-order valence-corrected chi connectivity index (χ3v) is 20.9. The topological polar surface area (TPSA) is 348 Å². The molecule has 7 fully saturated rings. The molecule has 76 heavy (non-hydrogen) atoms. The Morgan fingerprint density at radius 2 is 1.39 bits per heavy atom. The van der Waals surface area contributed by atoms with Crippen molar-refractivity contribution in [1.29, 1.82) is 0 Å². The van der Waals surface area contributed by atoms with E-state index in [0.717, 1.165) is 19.1 Å². The molecule has 4 aliphatic heterocycles. The predicted molar refractivity (Wildman–Crippen MR) is 260 cm³/mol. The molecule has 430 valence electrons. The second-order valence-corrected chi connectivity index (χ2v) is 25.5. The maximum absolute atomic E-state index is 13.8. The molecule has 4 saturated carbocycles. The summed E-state index contributed by atoms with van der Waals surface area (Å²) in [6.45, 7) is 14.9. The molecule has 5 aliphatic carbocycles. The Hall–Kier alpha value is -2.75. The molecule has 0 aromatic heterocycles. The molecular formula is C54H82O22. The third kappa shape index (κ3) is 9.13. The van der Waals surface area contributed by atoms with Crippen LogP contribution in [0.25, 0.3) is 0 Å². The monoisotopic (exact) mass is 1080 g/mol. The number of aliphatic hydroxyl groups excluding tert-OH is 10. The minimum Gasteiger partial charge on any atom is -0.502 e. The Kier molecular flexibility index (Phi) is 15.7. The molecular weight excluding hydrogens is 1000 g/mol. The van der Waals surface area contributed by atoms with Crippen LogP contribution in [0.15, 0.2) is 23.2 Å². The molecule has 9 rings (SSSR count). The van der Waals surface area contributed by atoms with E-state index in [1.165, 1.54) is 19.4 Å². The smallest absolute Gasteiger partial charge is 0.335 e. The number of ketones is 1. The summed E-state index contributed by atoms with van der Waals surface area (Å²) in [5.41, 5.74) is -1.95. The highest BCUT2D eigenvalue weighted by Crippen LogP contribution is 2.76. The van der Waals surface area contributed by atoms with Crippen molar-refractivity contribution in [2.75, 3.05) is 13.2 Å². The van der Waals surface area contributed by atoms with E-state index in [1.54, 1.807) is 0 Å². The first-order chi connectivity index (χ1) is 35.6. The number of fused-ring (bicyclic) bond motifs is 7. The van der Waals surface area contributed by atoms with E-state index in [0.29, 0.717) is 44.9 Å². The number of ether oxygens (including phenoxy) is 8. The second-order valence-electron chi connectivity index (χ2n) is 25.5. The molecule has 0 spiro atoms. The van der Waals surface area contributed by atoms with Crippen LogP contribution in [0, 0.1) is 50.2 Å². The summed E-state index contributed by atoms with van der Waals surface area (Å²) < 4.78 is 48.8. The Morgan fingerprint density at radius 1 is 0.737 bits per heavy atom. The lowest BCUT2D eigenvalue weighted by atomic mass is 9.33. The maximum atomic E-state index is 13.8. The van der Waals surface area contributed by atoms with E-state index in [1.807, 2.05) is 6.92 Å². The van der Waals surface area contributed by atoms with Crippen LogP contribution in [0.2, 0.25) is 0 Å². The molecule has 4 heterocycles. The van der Waals surface area contributed by atoms with Gasteiger partial charge >= 0.3 is 5.97 Å². The first kappa shape index (κ1) is 57.9. The summed E-state index contributed by atoms with van der Waals surface area (Å²) in [4.78, 5) is 39.0. The van der Waals surface area contributed by atoms with Crippen molar-refractivity contribution >= 4 is 18.0 Å². The molecule has 0 bridgehead atoms. The first-order valence-corrected chi connectivity index (χ1v) is 27.1. The van der Waals surface area contributed by atoms with Crippen LogP contribution >= 0.6 is 0 Å². The molecule has 3 saturated heterocycles. The normalized spacial score (nSPS) is 52.2. The van der Waals surface area contributed by atoms with Gasteiger partial charge in [-0.25, -0.2) is 4.79 Å². The molecule has 22 nitrogen and oxygen atoms in total. The van der Waals surface area contributed by atoms with Gasteiger partial charge < -0.3 is 98.9 Å². The number of aldehydes is 1. The number of carboxylic acids is 1. The first-order valence-electron chi connectivity index (χ1n) is 27.1. The van der Waals surface area contributed by atoms with Gasteiger partial charge in [-0.1, -0.05) is 53.2 Å². The molecule has 26 unspecified atom stereocenters. The fourth-order valence-corrected chi connectivity index (χ4v) is 16.3. The average Bonchev–Trinajstić information content (AvgIpc) is 3.54. The van der Waals surface area contributed by atoms with Gasteiger partial charge in [-0.2, -0.15) is 0 Å². The van der Waals surface area contributed by atoms with Gasteiger partial charge in [-0.3, -0.25) is 4.79 Å². The Labute approximate surface area is 442 Å². The molecule has 22 heteroatoms. The maximum Gasteiger partial charge on any atom is 0.335 e. The van der Waals surface area contributed by atoms with E-state index in [4.69, 9.17) is 37.9 Å². The second kappa shape index (κ2) is 20.7. The summed E-state index contributed by atoms with van der Waals surface area (Å²) in [6, 6.07) is 0. The Balaban J connectivity index is 0.988. The van der Waals surface area contributed by atoms with Gasteiger partial charge in [0, 0.05) is 5.41 Å². The van der Waals surface area contributed by atoms with Crippen LogP contribution in [-0.2, 0) is 52.3 Å². The van der Waals surface area contributed by atoms with Crippen molar-refractivity contribution < 1.29 is 108 Å². The molecule has 26 atom stereocenters. The van der Waals surface area contributed by atoms with E-state index >= 15 is 0 Å². The number of allylic oxidation sites excluding steroid dienone is 4. The van der Waals surface area contributed by atoms with Gasteiger partial charge in [0.15, 0.2) is 30.7 Å². The van der Waals surface area contributed by atoms with Crippen molar-refractivity contribution in [1.82, 2.24) is 0 Å². The summed E-state index contributed by atoms with van der Waals surface area (Å²) >= 11 is 0. The molecule has 0 aromatic rings. The summed E-state index contributed by atoms with van der Waals surface area (Å²) in [5, 5.41) is 119. The number of hydrogen-bond acceptors (Lipinski definition) is 21. The zero-order valence-corrected chi connectivity index (χ0v) is 44.7. The SMILES string of the molecule is CC1=C(O)C(=O)CC(OC2CC(C)(C)CC3C4=CCC5C6(C)CCC(OC7OC(C(=O)O)C(O)C(O)C7OC7OC(CO)C(O)C(O)C7OC7OC(C)C(O)C(O)C7O)C(C)(CO)C6CCC5(C)C4(C)CCC23C=O)O1. The van der Waals surface area contributed by atoms with E-state index in [9.17, 15) is 70.6 Å². The Morgan fingerprint density at radius 3 is 2.03 bits per heavy atom. The molecule has 0 radical (unpaired) electrons. The van der Waals surface area contributed by atoms with E-state index in [-0.39, 0.29) is 52.8 Å². The van der Waals surface area contributed by atoms with Crippen LogP contribution in [0.3, 0.4) is 0 Å². The Bertz CT molecular complexity index is 2260. The zero-order valence-electron chi connectivity index (χ0n) is 44.7. The lowest BCUT2D eigenvalue weighted by Gasteiger charge is -2.71. The fraction of sp³-hybridized carbons (Fsp3) is 0.870. The number of rotatable bonds is 12. The van der Waals surface area contributed by atoms with Gasteiger partial charge in [-0.15, -0.1) is 0 Å². The quantitative estimate of drug-likeness (QED) is 0.0738. The lowest BCUT2D eigenvalue weighted by Crippen LogP contribution is -2.68. The minimum atomic E-state index is -2.11. The van der Waals surface area contributed by atoms with Crippen LogP contribution in [0.5, 0.6) is 0 Å². The van der Waals surface area contributed by atoms with Crippen molar-refractivity contribution in [2.45, 2.75) is 230 Å². The van der Waals surface area contributed by atoms with Crippen molar-refractivity contribution in [3.8, 4) is 0 Å².